The van der Waals surface area contributed by atoms with Crippen LogP contribution in [0.4, 0.5) is 0 Å². The number of esters is 1. The molecule has 0 spiro atoms. The molecule has 0 bridgehead atoms. The molecule has 1 unspecified atom stereocenters. The van der Waals surface area contributed by atoms with Crippen LogP contribution >= 0.6 is 0 Å². The Morgan fingerprint density at radius 3 is 2.85 bits per heavy atom. The smallest absolute Gasteiger partial charge is 0.312 e. The molecular formula is C9H12O4. The van der Waals surface area contributed by atoms with Crippen molar-refractivity contribution in [2.45, 2.75) is 25.7 Å². The van der Waals surface area contributed by atoms with Gasteiger partial charge in [0, 0.05) is 0 Å². The summed E-state index contributed by atoms with van der Waals surface area (Å²) >= 11 is 0. The van der Waals surface area contributed by atoms with Crippen LogP contribution in [0.5, 0.6) is 0 Å². The third kappa shape index (κ3) is 3.45. The predicted molar refractivity (Wildman–Crippen MR) is 44.7 cm³/mol. The van der Waals surface area contributed by atoms with E-state index in [0.717, 1.165) is 0 Å². The average Bonchev–Trinajstić information content (AvgIpc) is 2.56. The lowest BCUT2D eigenvalue weighted by Crippen LogP contribution is -2.19. The predicted octanol–water partition coefficient (Wildman–Crippen LogP) is 0.314. The molecule has 0 N–H and O–H groups in total. The quantitative estimate of drug-likeness (QED) is 0.468. The minimum Gasteiger partial charge on any atom is -0.449 e. The fourth-order valence-corrected chi connectivity index (χ4v) is 0.940. The zero-order valence-electron chi connectivity index (χ0n) is 7.49. The van der Waals surface area contributed by atoms with E-state index in [2.05, 4.69) is 5.92 Å². The van der Waals surface area contributed by atoms with E-state index in [0.29, 0.717) is 13.2 Å². The summed E-state index contributed by atoms with van der Waals surface area (Å²) in [6.45, 7) is 2.69. The van der Waals surface area contributed by atoms with E-state index in [1.54, 1.807) is 6.92 Å². The molecule has 4 nitrogen and oxygen atoms in total. The van der Waals surface area contributed by atoms with Gasteiger partial charge in [0.2, 0.25) is 0 Å². The highest BCUT2D eigenvalue weighted by Crippen LogP contribution is 2.09. The van der Waals surface area contributed by atoms with Crippen LogP contribution in [0, 0.1) is 12.3 Å². The second-order valence-corrected chi connectivity index (χ2v) is 2.67. The van der Waals surface area contributed by atoms with Gasteiger partial charge in [-0.25, -0.2) is 0 Å². The first-order valence-electron chi connectivity index (χ1n) is 4.11. The van der Waals surface area contributed by atoms with Crippen molar-refractivity contribution in [1.82, 2.24) is 0 Å². The third-order valence-electron chi connectivity index (χ3n) is 1.57. The normalized spacial score (nSPS) is 19.4. The lowest BCUT2D eigenvalue weighted by molar-refractivity contribution is -0.154. The van der Waals surface area contributed by atoms with E-state index in [4.69, 9.17) is 20.6 Å². The van der Waals surface area contributed by atoms with Crippen molar-refractivity contribution in [3.8, 4) is 12.3 Å². The summed E-state index contributed by atoms with van der Waals surface area (Å²) in [5, 5.41) is 0. The summed E-state index contributed by atoms with van der Waals surface area (Å²) in [6, 6.07) is 0. The Balaban J connectivity index is 2.21. The number of ether oxygens (including phenoxy) is 3. The summed E-state index contributed by atoms with van der Waals surface area (Å²) < 4.78 is 15.0. The highest BCUT2D eigenvalue weighted by Gasteiger charge is 2.21. The molecule has 0 radical (unpaired) electrons. The first-order chi connectivity index (χ1) is 6.22. The second kappa shape index (κ2) is 4.85. The molecule has 0 aromatic heterocycles. The molecule has 4 heteroatoms. The van der Waals surface area contributed by atoms with Gasteiger partial charge in [0.15, 0.2) is 12.4 Å². The largest absolute Gasteiger partial charge is 0.449 e. The van der Waals surface area contributed by atoms with Crippen LogP contribution in [-0.2, 0) is 19.0 Å². The number of hydrogen-bond acceptors (Lipinski definition) is 4. The first-order valence-corrected chi connectivity index (χ1v) is 4.11. The summed E-state index contributed by atoms with van der Waals surface area (Å²) in [5.74, 6) is 1.90. The molecule has 1 saturated heterocycles. The standard InChI is InChI=1S/C9H12O4/c1-3-7(2)13-8(10)6-9-11-4-5-12-9/h1,7,9H,4-6H2,2H3. The maximum atomic E-state index is 11.1. The van der Waals surface area contributed by atoms with Gasteiger partial charge in [0.1, 0.15) is 0 Å². The van der Waals surface area contributed by atoms with E-state index in [-0.39, 0.29) is 6.42 Å². The fraction of sp³-hybridized carbons (Fsp3) is 0.667. The van der Waals surface area contributed by atoms with Gasteiger partial charge < -0.3 is 14.2 Å². The molecule has 13 heavy (non-hydrogen) atoms. The molecule has 72 valence electrons. The van der Waals surface area contributed by atoms with Gasteiger partial charge in [-0.15, -0.1) is 6.42 Å². The Morgan fingerprint density at radius 2 is 2.31 bits per heavy atom. The van der Waals surface area contributed by atoms with E-state index in [1.807, 2.05) is 0 Å². The Morgan fingerprint density at radius 1 is 1.69 bits per heavy atom. The molecule has 0 saturated carbocycles. The van der Waals surface area contributed by atoms with E-state index >= 15 is 0 Å². The summed E-state index contributed by atoms with van der Waals surface area (Å²) in [7, 11) is 0. The Bertz CT molecular complexity index is 212. The molecule has 0 amide bonds. The van der Waals surface area contributed by atoms with Crippen LogP contribution in [0.15, 0.2) is 0 Å². The Labute approximate surface area is 77.2 Å². The second-order valence-electron chi connectivity index (χ2n) is 2.67. The van der Waals surface area contributed by atoms with E-state index in [1.165, 1.54) is 0 Å². The van der Waals surface area contributed by atoms with Crippen LogP contribution in [-0.4, -0.2) is 31.6 Å². The lowest BCUT2D eigenvalue weighted by atomic mass is 10.4. The topological polar surface area (TPSA) is 44.8 Å². The molecule has 0 aromatic carbocycles. The molecule has 0 aromatic rings. The van der Waals surface area contributed by atoms with Crippen molar-refractivity contribution < 1.29 is 19.0 Å². The molecule has 1 fully saturated rings. The van der Waals surface area contributed by atoms with Crippen molar-refractivity contribution in [2.75, 3.05) is 13.2 Å². The highest BCUT2D eigenvalue weighted by atomic mass is 16.7. The maximum absolute atomic E-state index is 11.1. The van der Waals surface area contributed by atoms with Crippen molar-refractivity contribution in [3.05, 3.63) is 0 Å². The van der Waals surface area contributed by atoms with Gasteiger partial charge in [-0.05, 0) is 6.92 Å². The zero-order chi connectivity index (χ0) is 9.68. The van der Waals surface area contributed by atoms with Crippen LogP contribution in [0.25, 0.3) is 0 Å². The van der Waals surface area contributed by atoms with Crippen molar-refractivity contribution in [2.24, 2.45) is 0 Å². The van der Waals surface area contributed by atoms with Crippen molar-refractivity contribution in [1.29, 1.82) is 0 Å². The summed E-state index contributed by atoms with van der Waals surface area (Å²) in [4.78, 5) is 11.1. The molecule has 1 rings (SSSR count). The minimum atomic E-state index is -0.492. The Hall–Kier alpha value is -1.05. The van der Waals surface area contributed by atoms with Crippen molar-refractivity contribution in [3.63, 3.8) is 0 Å². The van der Waals surface area contributed by atoms with Crippen LogP contribution in [0.2, 0.25) is 0 Å². The van der Waals surface area contributed by atoms with Crippen molar-refractivity contribution >= 4 is 5.97 Å². The molecule has 0 aliphatic carbocycles. The third-order valence-corrected chi connectivity index (χ3v) is 1.57. The first kappa shape index (κ1) is 10.0. The number of terminal acetylenes is 1. The summed E-state index contributed by atoms with van der Waals surface area (Å²) in [6.07, 6.45) is 4.19. The molecule has 1 atom stereocenters. The van der Waals surface area contributed by atoms with Gasteiger partial charge in [-0.2, -0.15) is 0 Å². The highest BCUT2D eigenvalue weighted by molar-refractivity contribution is 5.70. The average molecular weight is 184 g/mol. The fourth-order valence-electron chi connectivity index (χ4n) is 0.940. The number of carbonyl (C=O) groups is 1. The SMILES string of the molecule is C#CC(C)OC(=O)CC1OCCO1. The molecule has 1 heterocycles. The van der Waals surface area contributed by atoms with Crippen LogP contribution in [0.3, 0.4) is 0 Å². The van der Waals surface area contributed by atoms with Crippen LogP contribution < -0.4 is 0 Å². The lowest BCUT2D eigenvalue weighted by Gasteiger charge is -2.10. The zero-order valence-corrected chi connectivity index (χ0v) is 7.49. The minimum absolute atomic E-state index is 0.103. The van der Waals surface area contributed by atoms with E-state index < -0.39 is 18.4 Å². The maximum Gasteiger partial charge on any atom is 0.312 e. The molecule has 1 aliphatic rings. The summed E-state index contributed by atoms with van der Waals surface area (Å²) in [5.41, 5.74) is 0. The van der Waals surface area contributed by atoms with Gasteiger partial charge in [-0.3, -0.25) is 4.79 Å². The number of hydrogen-bond donors (Lipinski definition) is 0. The van der Waals surface area contributed by atoms with Gasteiger partial charge in [-0.1, -0.05) is 5.92 Å². The molecule has 1 aliphatic heterocycles. The monoisotopic (exact) mass is 184 g/mol. The van der Waals surface area contributed by atoms with Gasteiger partial charge in [0.25, 0.3) is 0 Å². The Kier molecular flexibility index (Phi) is 3.74. The van der Waals surface area contributed by atoms with E-state index in [9.17, 15) is 4.79 Å². The molecular weight excluding hydrogens is 172 g/mol. The van der Waals surface area contributed by atoms with Gasteiger partial charge in [0.05, 0.1) is 19.6 Å². The van der Waals surface area contributed by atoms with Crippen LogP contribution in [0.1, 0.15) is 13.3 Å². The number of rotatable bonds is 3. The number of carbonyl (C=O) groups excluding carboxylic acids is 1. The van der Waals surface area contributed by atoms with Gasteiger partial charge >= 0.3 is 5.97 Å².